The number of hydrogen-bond donors (Lipinski definition) is 0. The highest BCUT2D eigenvalue weighted by atomic mass is 19.1. The van der Waals surface area contributed by atoms with Crippen molar-refractivity contribution in [2.75, 3.05) is 55.6 Å². The summed E-state index contributed by atoms with van der Waals surface area (Å²) in [4.78, 5) is 17.4. The van der Waals surface area contributed by atoms with E-state index in [2.05, 4.69) is 18.7 Å². The van der Waals surface area contributed by atoms with E-state index >= 15 is 0 Å². The zero-order valence-electron chi connectivity index (χ0n) is 15.1. The molecule has 2 saturated heterocycles. The minimum absolute atomic E-state index is 0.128. The molecule has 2 heterocycles. The third kappa shape index (κ3) is 3.86. The molecule has 0 atom stereocenters. The van der Waals surface area contributed by atoms with Gasteiger partial charge < -0.3 is 14.7 Å². The van der Waals surface area contributed by atoms with E-state index < -0.39 is 10.7 Å². The number of nitro benzene ring substituents is 1. The second-order valence-electron chi connectivity index (χ2n) is 7.14. The SMILES string of the molecule is CCN1CCN(c2cc(N3CCC(C)CC3)c(F)cc2[N+](=O)[O-])CC1. The number of likely N-dealkylation sites (N-methyl/N-ethyl adjacent to an activating group) is 1. The van der Waals surface area contributed by atoms with Gasteiger partial charge in [-0.05, 0) is 31.4 Å². The summed E-state index contributed by atoms with van der Waals surface area (Å²) in [5.41, 5.74) is 0.928. The van der Waals surface area contributed by atoms with Gasteiger partial charge >= 0.3 is 0 Å². The van der Waals surface area contributed by atoms with Crippen molar-refractivity contribution in [3.05, 3.63) is 28.1 Å². The summed E-state index contributed by atoms with van der Waals surface area (Å²) in [5, 5.41) is 11.5. The van der Waals surface area contributed by atoms with Gasteiger partial charge in [-0.25, -0.2) is 4.39 Å². The van der Waals surface area contributed by atoms with Gasteiger partial charge in [-0.2, -0.15) is 0 Å². The van der Waals surface area contributed by atoms with Gasteiger partial charge in [0.2, 0.25) is 0 Å². The summed E-state index contributed by atoms with van der Waals surface area (Å²) < 4.78 is 14.6. The first-order chi connectivity index (χ1) is 12.0. The van der Waals surface area contributed by atoms with Crippen molar-refractivity contribution < 1.29 is 9.31 Å². The van der Waals surface area contributed by atoms with Crippen LogP contribution in [0.1, 0.15) is 26.7 Å². The lowest BCUT2D eigenvalue weighted by atomic mass is 9.98. The van der Waals surface area contributed by atoms with Gasteiger partial charge in [0.1, 0.15) is 5.69 Å². The third-order valence-electron chi connectivity index (χ3n) is 5.53. The van der Waals surface area contributed by atoms with Crippen molar-refractivity contribution in [1.29, 1.82) is 0 Å². The van der Waals surface area contributed by atoms with E-state index in [4.69, 9.17) is 0 Å². The summed E-state index contributed by atoms with van der Waals surface area (Å²) in [6.45, 7) is 10.1. The Kier molecular flexibility index (Phi) is 5.42. The Morgan fingerprint density at radius 2 is 1.68 bits per heavy atom. The van der Waals surface area contributed by atoms with Crippen LogP contribution in [0, 0.1) is 21.8 Å². The van der Waals surface area contributed by atoms with Crippen molar-refractivity contribution in [2.45, 2.75) is 26.7 Å². The maximum atomic E-state index is 14.6. The minimum atomic E-state index is -0.489. The molecule has 1 aromatic carbocycles. The molecule has 25 heavy (non-hydrogen) atoms. The Hall–Kier alpha value is -1.89. The number of hydrogen-bond acceptors (Lipinski definition) is 5. The van der Waals surface area contributed by atoms with Crippen LogP contribution in [0.5, 0.6) is 0 Å². The molecule has 0 spiro atoms. The van der Waals surface area contributed by atoms with E-state index in [0.29, 0.717) is 17.3 Å². The fraction of sp³-hybridized carbons (Fsp3) is 0.667. The average Bonchev–Trinajstić information content (AvgIpc) is 2.62. The van der Waals surface area contributed by atoms with Crippen LogP contribution in [0.2, 0.25) is 0 Å². The first-order valence-electron chi connectivity index (χ1n) is 9.19. The Morgan fingerprint density at radius 3 is 2.24 bits per heavy atom. The lowest BCUT2D eigenvalue weighted by Gasteiger charge is -2.36. The van der Waals surface area contributed by atoms with E-state index in [1.807, 2.05) is 9.80 Å². The largest absolute Gasteiger partial charge is 0.369 e. The summed E-state index contributed by atoms with van der Waals surface area (Å²) in [5.74, 6) is 0.163. The lowest BCUT2D eigenvalue weighted by Crippen LogP contribution is -2.46. The molecule has 2 aliphatic rings. The molecule has 0 aromatic heterocycles. The fourth-order valence-electron chi connectivity index (χ4n) is 3.74. The van der Waals surface area contributed by atoms with E-state index in [1.54, 1.807) is 6.07 Å². The second kappa shape index (κ2) is 7.56. The quantitative estimate of drug-likeness (QED) is 0.617. The van der Waals surface area contributed by atoms with Crippen LogP contribution in [0.3, 0.4) is 0 Å². The van der Waals surface area contributed by atoms with Crippen molar-refractivity contribution in [1.82, 2.24) is 4.90 Å². The zero-order chi connectivity index (χ0) is 18.0. The van der Waals surface area contributed by atoms with Crippen molar-refractivity contribution >= 4 is 17.1 Å². The number of anilines is 2. The number of piperidine rings is 1. The van der Waals surface area contributed by atoms with Crippen LogP contribution in [-0.2, 0) is 0 Å². The average molecular weight is 350 g/mol. The molecule has 0 aliphatic carbocycles. The van der Waals surface area contributed by atoms with Crippen molar-refractivity contribution in [2.24, 2.45) is 5.92 Å². The number of nitro groups is 1. The van der Waals surface area contributed by atoms with Gasteiger partial charge in [-0.3, -0.25) is 10.1 Å². The van der Waals surface area contributed by atoms with E-state index in [-0.39, 0.29) is 5.69 Å². The highest BCUT2D eigenvalue weighted by Gasteiger charge is 2.28. The number of rotatable bonds is 4. The predicted molar refractivity (Wildman–Crippen MR) is 98.0 cm³/mol. The molecular formula is C18H27FN4O2. The maximum Gasteiger partial charge on any atom is 0.295 e. The fourth-order valence-corrected chi connectivity index (χ4v) is 3.74. The van der Waals surface area contributed by atoms with Crippen LogP contribution in [0.4, 0.5) is 21.5 Å². The Balaban J connectivity index is 1.89. The number of benzene rings is 1. The maximum absolute atomic E-state index is 14.6. The van der Waals surface area contributed by atoms with Gasteiger partial charge in [-0.15, -0.1) is 0 Å². The first kappa shape index (κ1) is 17.9. The van der Waals surface area contributed by atoms with Crippen LogP contribution in [0.15, 0.2) is 12.1 Å². The van der Waals surface area contributed by atoms with Gasteiger partial charge in [-0.1, -0.05) is 13.8 Å². The van der Waals surface area contributed by atoms with Crippen LogP contribution < -0.4 is 9.80 Å². The molecule has 0 unspecified atom stereocenters. The molecule has 1 aromatic rings. The molecule has 0 amide bonds. The van der Waals surface area contributed by atoms with Crippen LogP contribution >= 0.6 is 0 Å². The highest BCUT2D eigenvalue weighted by molar-refractivity contribution is 5.71. The number of nitrogens with zero attached hydrogens (tertiary/aromatic N) is 4. The number of halogens is 1. The summed E-state index contributed by atoms with van der Waals surface area (Å²) in [6.07, 6.45) is 2.06. The van der Waals surface area contributed by atoms with Gasteiger partial charge in [0.25, 0.3) is 5.69 Å². The van der Waals surface area contributed by atoms with Gasteiger partial charge in [0.15, 0.2) is 5.82 Å². The highest BCUT2D eigenvalue weighted by Crippen LogP contribution is 2.36. The normalized spacial score (nSPS) is 20.1. The van der Waals surface area contributed by atoms with Gasteiger partial charge in [0, 0.05) is 39.3 Å². The molecule has 7 heteroatoms. The third-order valence-corrected chi connectivity index (χ3v) is 5.53. The molecule has 0 radical (unpaired) electrons. The molecule has 6 nitrogen and oxygen atoms in total. The van der Waals surface area contributed by atoms with E-state index in [1.165, 1.54) is 0 Å². The Morgan fingerprint density at radius 1 is 1.08 bits per heavy atom. The van der Waals surface area contributed by atoms with Crippen molar-refractivity contribution in [3.63, 3.8) is 0 Å². The Labute approximate surface area is 148 Å². The number of piperazine rings is 1. The standard InChI is InChI=1S/C18H27FN4O2/c1-3-20-8-10-22(11-9-20)17-13-16(15(19)12-18(17)23(24)25)21-6-4-14(2)5-7-21/h12-14H,3-11H2,1-2H3. The van der Waals surface area contributed by atoms with Crippen LogP contribution in [0.25, 0.3) is 0 Å². The Bertz CT molecular complexity index is 624. The smallest absolute Gasteiger partial charge is 0.295 e. The topological polar surface area (TPSA) is 52.9 Å². The molecule has 0 bridgehead atoms. The van der Waals surface area contributed by atoms with Crippen molar-refractivity contribution in [3.8, 4) is 0 Å². The lowest BCUT2D eigenvalue weighted by molar-refractivity contribution is -0.384. The zero-order valence-corrected chi connectivity index (χ0v) is 15.1. The van der Waals surface area contributed by atoms with E-state index in [9.17, 15) is 14.5 Å². The predicted octanol–water partition coefficient (Wildman–Crippen LogP) is 3.11. The molecule has 3 rings (SSSR count). The molecular weight excluding hydrogens is 323 g/mol. The molecule has 0 N–H and O–H groups in total. The molecule has 0 saturated carbocycles. The van der Waals surface area contributed by atoms with E-state index in [0.717, 1.165) is 64.7 Å². The molecule has 138 valence electrons. The summed E-state index contributed by atoms with van der Waals surface area (Å²) in [7, 11) is 0. The van der Waals surface area contributed by atoms with Gasteiger partial charge in [0.05, 0.1) is 16.7 Å². The monoisotopic (exact) mass is 350 g/mol. The summed E-state index contributed by atoms with van der Waals surface area (Å²) >= 11 is 0. The first-order valence-corrected chi connectivity index (χ1v) is 9.19. The van der Waals surface area contributed by atoms with Crippen LogP contribution in [-0.4, -0.2) is 55.6 Å². The minimum Gasteiger partial charge on any atom is -0.369 e. The second-order valence-corrected chi connectivity index (χ2v) is 7.14. The molecule has 2 aliphatic heterocycles. The molecule has 2 fully saturated rings. The summed E-state index contributed by atoms with van der Waals surface area (Å²) in [6, 6.07) is 2.81.